The molecule has 1 amide bonds. The van der Waals surface area contributed by atoms with Crippen LogP contribution in [0.2, 0.25) is 0 Å². The smallest absolute Gasteiger partial charge is 0.379 e. The second-order valence-electron chi connectivity index (χ2n) is 13.8. The summed E-state index contributed by atoms with van der Waals surface area (Å²) in [6, 6.07) is 4.33. The van der Waals surface area contributed by atoms with E-state index in [1.165, 1.54) is 44.1 Å². The van der Waals surface area contributed by atoms with E-state index in [1.54, 1.807) is 16.0 Å². The van der Waals surface area contributed by atoms with Crippen molar-refractivity contribution >= 4 is 11.7 Å². The van der Waals surface area contributed by atoms with E-state index in [0.717, 1.165) is 63.4 Å². The second-order valence-corrected chi connectivity index (χ2v) is 13.8. The van der Waals surface area contributed by atoms with Gasteiger partial charge in [0, 0.05) is 52.2 Å². The molecule has 7 nitrogen and oxygen atoms in total. The fraction of sp³-hybridized carbons (Fsp3) is 0.706. The summed E-state index contributed by atoms with van der Waals surface area (Å²) in [6.07, 6.45) is 18.4. The predicted molar refractivity (Wildman–Crippen MR) is 162 cm³/mol. The lowest BCUT2D eigenvalue weighted by atomic mass is 9.46. The molecule has 0 aromatic carbocycles. The third-order valence-electron chi connectivity index (χ3n) is 11.6. The van der Waals surface area contributed by atoms with Gasteiger partial charge in [0.25, 0.3) is 0 Å². The minimum Gasteiger partial charge on any atom is -0.379 e. The molecule has 5 aliphatic rings. The highest BCUT2D eigenvalue weighted by atomic mass is 16.7. The summed E-state index contributed by atoms with van der Waals surface area (Å²) < 4.78 is 5.41. The number of pyridine rings is 1. The van der Waals surface area contributed by atoms with E-state index < -0.39 is 0 Å². The Morgan fingerprint density at radius 2 is 2.00 bits per heavy atom. The maximum atomic E-state index is 12.5. The van der Waals surface area contributed by atoms with Crippen LogP contribution in [0.25, 0.3) is 5.57 Å². The van der Waals surface area contributed by atoms with Gasteiger partial charge in [0.2, 0.25) is 0 Å². The average Bonchev–Trinajstić information content (AvgIpc) is 3.35. The van der Waals surface area contributed by atoms with Crippen molar-refractivity contribution in [3.63, 3.8) is 0 Å². The van der Waals surface area contributed by atoms with Crippen molar-refractivity contribution in [1.82, 2.24) is 20.3 Å². The molecule has 2 heterocycles. The number of morpholine rings is 1. The number of hydrogen-bond acceptors (Lipinski definition) is 6. The van der Waals surface area contributed by atoms with Gasteiger partial charge < -0.3 is 14.5 Å². The predicted octanol–water partition coefficient (Wildman–Crippen LogP) is 5.95. The van der Waals surface area contributed by atoms with Crippen molar-refractivity contribution in [3.05, 3.63) is 47.8 Å². The van der Waals surface area contributed by atoms with Gasteiger partial charge in [-0.15, -0.1) is 0 Å². The van der Waals surface area contributed by atoms with Crippen LogP contribution in [0.4, 0.5) is 4.79 Å². The van der Waals surface area contributed by atoms with Gasteiger partial charge in [-0.05, 0) is 103 Å². The molecule has 6 rings (SSSR count). The van der Waals surface area contributed by atoms with Gasteiger partial charge in [-0.2, -0.15) is 5.48 Å². The van der Waals surface area contributed by atoms with E-state index >= 15 is 0 Å². The fourth-order valence-electron chi connectivity index (χ4n) is 9.23. The lowest BCUT2D eigenvalue weighted by Crippen LogP contribution is -2.50. The van der Waals surface area contributed by atoms with Gasteiger partial charge in [0.1, 0.15) is 0 Å². The topological polar surface area (TPSA) is 66.9 Å². The molecular formula is C34H50N4O3. The number of allylic oxidation sites excluding steroid dienone is 3. The van der Waals surface area contributed by atoms with Crippen LogP contribution in [0.15, 0.2) is 42.3 Å². The van der Waals surface area contributed by atoms with Gasteiger partial charge in [-0.25, -0.2) is 4.79 Å². The summed E-state index contributed by atoms with van der Waals surface area (Å²) in [5.41, 5.74) is 8.16. The molecule has 1 unspecified atom stereocenters. The summed E-state index contributed by atoms with van der Waals surface area (Å²) in [5, 5.41) is 0. The maximum absolute atomic E-state index is 12.5. The number of hydrogen-bond donors (Lipinski definition) is 1. The molecule has 7 heteroatoms. The molecule has 1 aromatic rings. The lowest BCUT2D eigenvalue weighted by molar-refractivity contribution is -0.0252. The molecule has 1 N–H and O–H groups in total. The van der Waals surface area contributed by atoms with Crippen molar-refractivity contribution in [2.45, 2.75) is 65.2 Å². The lowest BCUT2D eigenvalue weighted by Gasteiger charge is -2.58. The summed E-state index contributed by atoms with van der Waals surface area (Å²) in [7, 11) is 1.82. The van der Waals surface area contributed by atoms with Crippen LogP contribution in [-0.4, -0.2) is 73.9 Å². The summed E-state index contributed by atoms with van der Waals surface area (Å²) in [4.78, 5) is 26.5. The minimum absolute atomic E-state index is 0.280. The van der Waals surface area contributed by atoms with Crippen LogP contribution in [-0.2, 0) is 9.57 Å². The first-order valence-electron chi connectivity index (χ1n) is 16.2. The number of hydroxylamine groups is 1. The normalized spacial score (nSPS) is 35.0. The molecule has 1 aromatic heterocycles. The highest BCUT2D eigenvalue weighted by Gasteiger charge is 2.57. The van der Waals surface area contributed by atoms with Crippen molar-refractivity contribution in [2.75, 3.05) is 53.0 Å². The van der Waals surface area contributed by atoms with Gasteiger partial charge in [-0.1, -0.05) is 37.6 Å². The second kappa shape index (κ2) is 12.2. The molecule has 0 bridgehead atoms. The molecule has 0 radical (unpaired) electrons. The fourth-order valence-corrected chi connectivity index (χ4v) is 9.23. The van der Waals surface area contributed by atoms with E-state index in [9.17, 15) is 4.79 Å². The van der Waals surface area contributed by atoms with Crippen LogP contribution in [0.5, 0.6) is 0 Å². The van der Waals surface area contributed by atoms with E-state index in [2.05, 4.69) is 59.7 Å². The number of fused-ring (bicyclic) bond motifs is 5. The minimum atomic E-state index is -0.290. The third-order valence-corrected chi connectivity index (χ3v) is 11.6. The van der Waals surface area contributed by atoms with Gasteiger partial charge in [0.15, 0.2) is 0 Å². The monoisotopic (exact) mass is 562 g/mol. The highest BCUT2D eigenvalue weighted by Crippen LogP contribution is 2.66. The zero-order valence-corrected chi connectivity index (χ0v) is 25.4. The molecule has 2 saturated carbocycles. The van der Waals surface area contributed by atoms with E-state index in [1.807, 2.05) is 13.2 Å². The molecule has 41 heavy (non-hydrogen) atoms. The Hall–Kier alpha value is -2.22. The zero-order chi connectivity index (χ0) is 28.5. The van der Waals surface area contributed by atoms with E-state index in [0.29, 0.717) is 24.4 Å². The van der Waals surface area contributed by atoms with Gasteiger partial charge in [0.05, 0.1) is 13.2 Å². The summed E-state index contributed by atoms with van der Waals surface area (Å²) in [6.45, 7) is 11.1. The number of aromatic nitrogens is 1. The van der Waals surface area contributed by atoms with E-state index in [4.69, 9.17) is 9.57 Å². The van der Waals surface area contributed by atoms with Crippen LogP contribution in [0.3, 0.4) is 0 Å². The Labute approximate surface area is 246 Å². The molecule has 6 atom stereocenters. The molecule has 1 aliphatic heterocycles. The van der Waals surface area contributed by atoms with Crippen molar-refractivity contribution in [2.24, 2.45) is 34.5 Å². The number of nitrogens with one attached hydrogen (secondary N) is 1. The Bertz CT molecular complexity index is 1130. The van der Waals surface area contributed by atoms with Crippen LogP contribution >= 0.6 is 0 Å². The Kier molecular flexibility index (Phi) is 8.58. The third kappa shape index (κ3) is 5.74. The standard InChI is InChI=1S/C34H50N4O3/c1-33-13-11-25(23-36-41-32(39)37(3)16-5-17-38-18-20-40-21-19-38)22-27(33)7-8-28-30-10-9-29(26-6-4-15-35-24-26)34(30,2)14-12-31(28)33/h4,6,9,15,22,24-25,28,30-31,36H,5,7-8,10-14,16-21,23H2,1-3H3/t25?,28-,30+,31+,33+,34-/m1/s1. The zero-order valence-electron chi connectivity index (χ0n) is 25.4. The number of carbonyl (C=O) groups is 1. The quantitative estimate of drug-likeness (QED) is 0.312. The van der Waals surface area contributed by atoms with Crippen molar-refractivity contribution in [1.29, 1.82) is 0 Å². The molecule has 4 aliphatic carbocycles. The molecule has 0 spiro atoms. The molecule has 3 fully saturated rings. The first-order chi connectivity index (χ1) is 19.9. The van der Waals surface area contributed by atoms with Gasteiger partial charge in [-0.3, -0.25) is 9.88 Å². The van der Waals surface area contributed by atoms with Crippen LogP contribution in [0.1, 0.15) is 70.8 Å². The molecule has 224 valence electrons. The number of ether oxygens (including phenoxy) is 1. The van der Waals surface area contributed by atoms with E-state index in [-0.39, 0.29) is 11.5 Å². The maximum Gasteiger partial charge on any atom is 0.428 e. The van der Waals surface area contributed by atoms with Crippen LogP contribution < -0.4 is 5.48 Å². The SMILES string of the molecule is CN(CCCN1CCOCC1)C(=O)ONCC1C=C2CC[C@H]3[C@H](CC[C@]4(C)C(c5cccnc5)=CC[C@@H]34)[C@@]2(C)CC1. The van der Waals surface area contributed by atoms with Crippen molar-refractivity contribution < 1.29 is 14.4 Å². The number of amides is 1. The first-order valence-corrected chi connectivity index (χ1v) is 16.2. The van der Waals surface area contributed by atoms with Gasteiger partial charge >= 0.3 is 6.09 Å². The first kappa shape index (κ1) is 28.9. The summed E-state index contributed by atoms with van der Waals surface area (Å²) in [5.74, 6) is 2.75. The molecule has 1 saturated heterocycles. The molecular weight excluding hydrogens is 512 g/mol. The number of carbonyl (C=O) groups excluding carboxylic acids is 1. The highest BCUT2D eigenvalue weighted by molar-refractivity contribution is 5.72. The average molecular weight is 563 g/mol. The Balaban J connectivity index is 0.995. The number of rotatable bonds is 8. The largest absolute Gasteiger partial charge is 0.428 e. The van der Waals surface area contributed by atoms with Crippen LogP contribution in [0, 0.1) is 34.5 Å². The number of nitrogens with zero attached hydrogens (tertiary/aromatic N) is 3. The Morgan fingerprint density at radius 3 is 2.80 bits per heavy atom. The Morgan fingerprint density at radius 1 is 1.17 bits per heavy atom. The summed E-state index contributed by atoms with van der Waals surface area (Å²) >= 11 is 0. The van der Waals surface area contributed by atoms with Crippen molar-refractivity contribution in [3.8, 4) is 0 Å².